The lowest BCUT2D eigenvalue weighted by Crippen LogP contribution is -2.51. The third kappa shape index (κ3) is 4.62. The smallest absolute Gasteiger partial charge is 0.406 e. The Hall–Kier alpha value is -1.76. The first-order chi connectivity index (χ1) is 10.2. The topological polar surface area (TPSA) is 58.6 Å². The lowest BCUT2D eigenvalue weighted by atomic mass is 9.96. The Balaban J connectivity index is 1.91. The zero-order valence-corrected chi connectivity index (χ0v) is 12.1. The molecule has 1 amide bonds. The molecule has 1 atom stereocenters. The number of carbonyl (C=O) groups excluding carboxylic acids is 1. The molecular weight excluding hydrogens is 299 g/mol. The molecule has 122 valence electrons. The van der Waals surface area contributed by atoms with E-state index in [1.54, 1.807) is 6.92 Å². The van der Waals surface area contributed by atoms with Crippen LogP contribution in [0.5, 0.6) is 5.75 Å². The van der Waals surface area contributed by atoms with Crippen molar-refractivity contribution in [3.63, 3.8) is 0 Å². The van der Waals surface area contributed by atoms with Gasteiger partial charge in [0, 0.05) is 0 Å². The molecule has 0 heterocycles. The summed E-state index contributed by atoms with van der Waals surface area (Å²) in [5.74, 6) is -0.313. The number of benzene rings is 1. The zero-order chi connectivity index (χ0) is 16.4. The van der Waals surface area contributed by atoms with Crippen molar-refractivity contribution in [2.24, 2.45) is 5.92 Å². The Morgan fingerprint density at radius 3 is 2.36 bits per heavy atom. The molecule has 1 fully saturated rings. The summed E-state index contributed by atoms with van der Waals surface area (Å²) in [4.78, 5) is 12.0. The van der Waals surface area contributed by atoms with E-state index in [0.29, 0.717) is 5.56 Å². The molecule has 0 spiro atoms. The minimum atomic E-state index is -4.73. The third-order valence-electron chi connectivity index (χ3n) is 3.75. The molecule has 7 heteroatoms. The highest BCUT2D eigenvalue weighted by molar-refractivity contribution is 5.79. The fourth-order valence-electron chi connectivity index (χ4n) is 2.35. The van der Waals surface area contributed by atoms with Crippen molar-refractivity contribution in [2.45, 2.75) is 38.1 Å². The van der Waals surface area contributed by atoms with Crippen molar-refractivity contribution < 1.29 is 27.8 Å². The van der Waals surface area contributed by atoms with Crippen LogP contribution < -0.4 is 10.1 Å². The zero-order valence-electron chi connectivity index (χ0n) is 12.1. The minimum Gasteiger partial charge on any atom is -0.406 e. The van der Waals surface area contributed by atoms with Crippen molar-refractivity contribution in [3.8, 4) is 5.75 Å². The Bertz CT molecular complexity index is 526. The number of aliphatic hydroxyl groups is 1. The van der Waals surface area contributed by atoms with Gasteiger partial charge in [-0.05, 0) is 43.4 Å². The van der Waals surface area contributed by atoms with Crippen LogP contribution in [0.2, 0.25) is 0 Å². The lowest BCUT2D eigenvalue weighted by Gasteiger charge is -2.28. The second kappa shape index (κ2) is 6.16. The van der Waals surface area contributed by atoms with Gasteiger partial charge in [0.1, 0.15) is 5.75 Å². The van der Waals surface area contributed by atoms with E-state index >= 15 is 0 Å². The van der Waals surface area contributed by atoms with Gasteiger partial charge in [0.25, 0.3) is 0 Å². The summed E-state index contributed by atoms with van der Waals surface area (Å²) in [6.45, 7) is 1.66. The normalized spacial score (nSPS) is 17.7. The maximum Gasteiger partial charge on any atom is 0.573 e. The molecule has 0 saturated heterocycles. The summed E-state index contributed by atoms with van der Waals surface area (Å²) in [5, 5.41) is 12.2. The van der Waals surface area contributed by atoms with E-state index in [2.05, 4.69) is 10.1 Å². The maximum absolute atomic E-state index is 12.0. The summed E-state index contributed by atoms with van der Waals surface area (Å²) in [6, 6.07) is 5.16. The van der Waals surface area contributed by atoms with Crippen LogP contribution in [-0.2, 0) is 11.2 Å². The maximum atomic E-state index is 12.0. The molecule has 1 aliphatic rings. The quantitative estimate of drug-likeness (QED) is 0.847. The predicted octanol–water partition coefficient (Wildman–Crippen LogP) is 2.40. The van der Waals surface area contributed by atoms with Gasteiger partial charge in [0.05, 0.1) is 18.6 Å². The highest BCUT2D eigenvalue weighted by Crippen LogP contribution is 2.39. The number of hydrogen-bond acceptors (Lipinski definition) is 3. The molecule has 0 radical (unpaired) electrons. The summed E-state index contributed by atoms with van der Waals surface area (Å²) >= 11 is 0. The molecule has 22 heavy (non-hydrogen) atoms. The van der Waals surface area contributed by atoms with E-state index in [4.69, 9.17) is 0 Å². The molecule has 1 aromatic rings. The summed E-state index contributed by atoms with van der Waals surface area (Å²) < 4.78 is 39.9. The molecule has 1 aromatic carbocycles. The number of ether oxygens (including phenoxy) is 1. The number of rotatable bonds is 6. The van der Waals surface area contributed by atoms with Crippen LogP contribution in [0.15, 0.2) is 24.3 Å². The molecule has 1 aliphatic carbocycles. The molecule has 0 aromatic heterocycles. The molecular formula is C15H18F3NO3. The summed E-state index contributed by atoms with van der Waals surface area (Å²) in [7, 11) is 0. The van der Waals surface area contributed by atoms with Gasteiger partial charge in [-0.3, -0.25) is 4.79 Å². The van der Waals surface area contributed by atoms with E-state index in [9.17, 15) is 23.1 Å². The molecule has 1 unspecified atom stereocenters. The van der Waals surface area contributed by atoms with Crippen LogP contribution in [0.1, 0.15) is 25.3 Å². The minimum absolute atomic E-state index is 0.0363. The largest absolute Gasteiger partial charge is 0.573 e. The Morgan fingerprint density at radius 2 is 1.91 bits per heavy atom. The number of amides is 1. The van der Waals surface area contributed by atoms with E-state index in [-0.39, 0.29) is 30.6 Å². The van der Waals surface area contributed by atoms with Gasteiger partial charge < -0.3 is 15.2 Å². The molecule has 2 N–H and O–H groups in total. The number of alkyl halides is 3. The first-order valence-corrected chi connectivity index (χ1v) is 6.98. The standard InChI is InChI=1S/C15H18F3NO3/c1-14(9-20,11-4-5-11)19-13(21)8-10-2-6-12(7-3-10)22-15(16,17)18/h2-3,6-7,11,20H,4-5,8-9H2,1H3,(H,19,21). The first-order valence-electron chi connectivity index (χ1n) is 6.98. The van der Waals surface area contributed by atoms with E-state index in [1.807, 2.05) is 0 Å². The number of halogens is 3. The van der Waals surface area contributed by atoms with Crippen molar-refractivity contribution in [3.05, 3.63) is 29.8 Å². The Kier molecular flexibility index (Phi) is 4.65. The lowest BCUT2D eigenvalue weighted by molar-refractivity contribution is -0.274. The fourth-order valence-corrected chi connectivity index (χ4v) is 2.35. The average Bonchev–Trinajstić information content (AvgIpc) is 3.24. The van der Waals surface area contributed by atoms with Crippen LogP contribution in [0.3, 0.4) is 0 Å². The van der Waals surface area contributed by atoms with Crippen molar-refractivity contribution in [2.75, 3.05) is 6.61 Å². The van der Waals surface area contributed by atoms with Crippen LogP contribution in [0, 0.1) is 5.92 Å². The van der Waals surface area contributed by atoms with Gasteiger partial charge in [-0.2, -0.15) is 0 Å². The Labute approximate surface area is 126 Å². The molecule has 2 rings (SSSR count). The molecule has 1 saturated carbocycles. The van der Waals surface area contributed by atoms with Gasteiger partial charge in [0.2, 0.25) is 5.91 Å². The summed E-state index contributed by atoms with van der Waals surface area (Å²) in [5.41, 5.74) is -0.0562. The molecule has 4 nitrogen and oxygen atoms in total. The van der Waals surface area contributed by atoms with Crippen LogP contribution in [0.4, 0.5) is 13.2 Å². The highest BCUT2D eigenvalue weighted by atomic mass is 19.4. The van der Waals surface area contributed by atoms with E-state index < -0.39 is 11.9 Å². The number of hydrogen-bond donors (Lipinski definition) is 2. The van der Waals surface area contributed by atoms with E-state index in [1.165, 1.54) is 24.3 Å². The van der Waals surface area contributed by atoms with Crippen molar-refractivity contribution in [1.29, 1.82) is 0 Å². The highest BCUT2D eigenvalue weighted by Gasteiger charge is 2.42. The fraction of sp³-hybridized carbons (Fsp3) is 0.533. The Morgan fingerprint density at radius 1 is 1.32 bits per heavy atom. The average molecular weight is 317 g/mol. The predicted molar refractivity (Wildman–Crippen MR) is 73.2 cm³/mol. The van der Waals surface area contributed by atoms with Gasteiger partial charge in [-0.1, -0.05) is 12.1 Å². The van der Waals surface area contributed by atoms with Gasteiger partial charge in [0.15, 0.2) is 0 Å². The number of carbonyl (C=O) groups is 1. The van der Waals surface area contributed by atoms with Gasteiger partial charge in [-0.25, -0.2) is 0 Å². The van der Waals surface area contributed by atoms with Gasteiger partial charge in [-0.15, -0.1) is 13.2 Å². The molecule has 0 aliphatic heterocycles. The SMILES string of the molecule is CC(CO)(NC(=O)Cc1ccc(OC(F)(F)F)cc1)C1CC1. The van der Waals surface area contributed by atoms with Crippen LogP contribution in [0.25, 0.3) is 0 Å². The third-order valence-corrected chi connectivity index (χ3v) is 3.75. The van der Waals surface area contributed by atoms with Crippen molar-refractivity contribution >= 4 is 5.91 Å². The first kappa shape index (κ1) is 16.6. The summed E-state index contributed by atoms with van der Waals surface area (Å²) in [6.07, 6.45) is -2.75. The second-order valence-corrected chi connectivity index (χ2v) is 5.77. The van der Waals surface area contributed by atoms with Gasteiger partial charge >= 0.3 is 6.36 Å². The number of aliphatic hydroxyl groups excluding tert-OH is 1. The molecule has 0 bridgehead atoms. The van der Waals surface area contributed by atoms with Crippen molar-refractivity contribution in [1.82, 2.24) is 5.32 Å². The second-order valence-electron chi connectivity index (χ2n) is 5.77. The number of nitrogens with one attached hydrogen (secondary N) is 1. The van der Waals surface area contributed by atoms with Crippen LogP contribution in [-0.4, -0.2) is 29.5 Å². The van der Waals surface area contributed by atoms with E-state index in [0.717, 1.165) is 12.8 Å². The van der Waals surface area contributed by atoms with Crippen LogP contribution >= 0.6 is 0 Å². The monoisotopic (exact) mass is 317 g/mol.